The second kappa shape index (κ2) is 7.13. The fourth-order valence-electron chi connectivity index (χ4n) is 2.91. The maximum absolute atomic E-state index is 13.2. The van der Waals surface area contributed by atoms with E-state index in [9.17, 15) is 22.8 Å². The molecule has 2 heterocycles. The van der Waals surface area contributed by atoms with E-state index in [1.165, 1.54) is 6.08 Å². The summed E-state index contributed by atoms with van der Waals surface area (Å²) in [6, 6.07) is 1.86. The van der Waals surface area contributed by atoms with Crippen molar-refractivity contribution in [1.29, 1.82) is 0 Å². The number of carbonyl (C=O) groups excluding carboxylic acids is 2. The molecule has 0 saturated carbocycles. The van der Waals surface area contributed by atoms with E-state index in [1.807, 2.05) is 4.90 Å². The van der Waals surface area contributed by atoms with E-state index in [1.54, 1.807) is 0 Å². The summed E-state index contributed by atoms with van der Waals surface area (Å²) in [5, 5.41) is 1.46. The molecular formula is C16H15ClF3N3O2S. The standard InChI is InChI=1S/C16H15ClF3N3O2S/c17-11-7-9(16(18,19)20)5-8(6-12-14(24)22-15(25)26-12)13(11)23-3-1-10(21)2-4-23/h5-7,10H,1-4,21H2,(H,22,24,25)/b12-6-. The zero-order valence-electron chi connectivity index (χ0n) is 13.4. The molecule has 3 rings (SSSR count). The first kappa shape index (κ1) is 19.1. The highest BCUT2D eigenvalue weighted by Gasteiger charge is 2.34. The number of imide groups is 1. The van der Waals surface area contributed by atoms with Crippen LogP contribution < -0.4 is 16.0 Å². The Morgan fingerprint density at radius 1 is 1.27 bits per heavy atom. The minimum Gasteiger partial charge on any atom is -0.370 e. The molecule has 0 aromatic heterocycles. The number of amides is 2. The molecule has 3 N–H and O–H groups in total. The minimum absolute atomic E-state index is 0.0281. The lowest BCUT2D eigenvalue weighted by atomic mass is 10.0. The molecule has 2 aliphatic rings. The van der Waals surface area contributed by atoms with Crippen molar-refractivity contribution in [1.82, 2.24) is 5.32 Å². The summed E-state index contributed by atoms with van der Waals surface area (Å²) in [6.07, 6.45) is -1.95. The number of thioether (sulfide) groups is 1. The number of anilines is 1. The highest BCUT2D eigenvalue weighted by Crippen LogP contribution is 2.40. The van der Waals surface area contributed by atoms with Gasteiger partial charge in [-0.05, 0) is 42.8 Å². The summed E-state index contributed by atoms with van der Waals surface area (Å²) >= 11 is 6.83. The summed E-state index contributed by atoms with van der Waals surface area (Å²) in [6.45, 7) is 1.08. The van der Waals surface area contributed by atoms with Crippen molar-refractivity contribution < 1.29 is 22.8 Å². The van der Waals surface area contributed by atoms with Crippen LogP contribution in [0.15, 0.2) is 17.0 Å². The van der Waals surface area contributed by atoms with Crippen LogP contribution in [-0.4, -0.2) is 30.3 Å². The third kappa shape index (κ3) is 3.99. The van der Waals surface area contributed by atoms with Gasteiger partial charge in [-0.25, -0.2) is 0 Å². The van der Waals surface area contributed by atoms with Crippen molar-refractivity contribution in [2.45, 2.75) is 25.1 Å². The molecule has 140 valence electrons. The topological polar surface area (TPSA) is 75.4 Å². The largest absolute Gasteiger partial charge is 0.416 e. The number of halogens is 4. The lowest BCUT2D eigenvalue weighted by Crippen LogP contribution is -2.40. The Labute approximate surface area is 156 Å². The van der Waals surface area contributed by atoms with Gasteiger partial charge >= 0.3 is 6.18 Å². The van der Waals surface area contributed by atoms with E-state index >= 15 is 0 Å². The van der Waals surface area contributed by atoms with Gasteiger partial charge in [0.15, 0.2) is 0 Å². The summed E-state index contributed by atoms with van der Waals surface area (Å²) in [7, 11) is 0. The molecule has 0 spiro atoms. The number of carbonyl (C=O) groups is 2. The number of nitrogens with two attached hydrogens (primary N) is 1. The lowest BCUT2D eigenvalue weighted by molar-refractivity contribution is -0.137. The zero-order valence-corrected chi connectivity index (χ0v) is 15.0. The van der Waals surface area contributed by atoms with E-state index in [2.05, 4.69) is 5.32 Å². The molecule has 26 heavy (non-hydrogen) atoms. The maximum Gasteiger partial charge on any atom is 0.416 e. The summed E-state index contributed by atoms with van der Waals surface area (Å²) in [5.41, 5.74) is 5.52. The van der Waals surface area contributed by atoms with Crippen LogP contribution in [0.25, 0.3) is 6.08 Å². The molecule has 1 aromatic carbocycles. The lowest BCUT2D eigenvalue weighted by Gasteiger charge is -2.34. The first-order valence-corrected chi connectivity index (χ1v) is 9.00. The van der Waals surface area contributed by atoms with Crippen molar-refractivity contribution in [3.8, 4) is 0 Å². The highest BCUT2D eigenvalue weighted by molar-refractivity contribution is 8.18. The SMILES string of the molecule is NC1CCN(c2c(Cl)cc(C(F)(F)F)cc2/C=C2\SC(=O)NC2=O)CC1. The Morgan fingerprint density at radius 2 is 1.92 bits per heavy atom. The predicted octanol–water partition coefficient (Wildman–Crippen LogP) is 3.61. The quantitative estimate of drug-likeness (QED) is 0.735. The van der Waals surface area contributed by atoms with Crippen molar-refractivity contribution in [2.75, 3.05) is 18.0 Å². The van der Waals surface area contributed by atoms with Gasteiger partial charge in [-0.3, -0.25) is 14.9 Å². The fourth-order valence-corrected chi connectivity index (χ4v) is 3.93. The molecule has 0 radical (unpaired) electrons. The molecule has 0 aliphatic carbocycles. The number of nitrogens with one attached hydrogen (secondary N) is 1. The van der Waals surface area contributed by atoms with Crippen LogP contribution in [0.3, 0.4) is 0 Å². The molecule has 2 saturated heterocycles. The number of alkyl halides is 3. The van der Waals surface area contributed by atoms with Crippen LogP contribution in [0.2, 0.25) is 5.02 Å². The molecule has 2 aliphatic heterocycles. The first-order chi connectivity index (χ1) is 12.1. The monoisotopic (exact) mass is 405 g/mol. The maximum atomic E-state index is 13.2. The average molecular weight is 406 g/mol. The van der Waals surface area contributed by atoms with Crippen LogP contribution in [0.5, 0.6) is 0 Å². The Morgan fingerprint density at radius 3 is 2.46 bits per heavy atom. The Hall–Kier alpha value is -1.71. The van der Waals surface area contributed by atoms with Crippen LogP contribution in [-0.2, 0) is 11.0 Å². The van der Waals surface area contributed by atoms with Gasteiger partial charge in [0.2, 0.25) is 0 Å². The van der Waals surface area contributed by atoms with Gasteiger partial charge < -0.3 is 10.6 Å². The smallest absolute Gasteiger partial charge is 0.370 e. The summed E-state index contributed by atoms with van der Waals surface area (Å²) in [5.74, 6) is -0.639. The van der Waals surface area contributed by atoms with Crippen LogP contribution in [0, 0.1) is 0 Å². The van der Waals surface area contributed by atoms with Crippen LogP contribution in [0.1, 0.15) is 24.0 Å². The van der Waals surface area contributed by atoms with Gasteiger partial charge in [-0.2, -0.15) is 13.2 Å². The summed E-state index contributed by atoms with van der Waals surface area (Å²) in [4.78, 5) is 25.0. The third-order valence-electron chi connectivity index (χ3n) is 4.20. The van der Waals surface area contributed by atoms with Crippen LogP contribution in [0.4, 0.5) is 23.7 Å². The highest BCUT2D eigenvalue weighted by atomic mass is 35.5. The van der Waals surface area contributed by atoms with Gasteiger partial charge in [0.1, 0.15) is 0 Å². The molecule has 0 bridgehead atoms. The van der Waals surface area contributed by atoms with Gasteiger partial charge in [0, 0.05) is 24.7 Å². The van der Waals surface area contributed by atoms with E-state index in [0.717, 1.165) is 12.1 Å². The van der Waals surface area contributed by atoms with Crippen molar-refractivity contribution in [3.05, 3.63) is 33.2 Å². The number of benzene rings is 1. The number of piperidine rings is 1. The predicted molar refractivity (Wildman–Crippen MR) is 95.0 cm³/mol. The zero-order chi connectivity index (χ0) is 19.1. The molecule has 0 unspecified atom stereocenters. The van der Waals surface area contributed by atoms with E-state index in [-0.39, 0.29) is 21.5 Å². The normalized spacial score (nSPS) is 20.8. The number of rotatable bonds is 2. The first-order valence-electron chi connectivity index (χ1n) is 7.81. The van der Waals surface area contributed by atoms with Gasteiger partial charge in [0.25, 0.3) is 11.1 Å². The Kier molecular flexibility index (Phi) is 5.23. The average Bonchev–Trinajstić information content (AvgIpc) is 2.85. The molecule has 2 fully saturated rings. The molecule has 0 atom stereocenters. The van der Waals surface area contributed by atoms with E-state index < -0.39 is 22.9 Å². The van der Waals surface area contributed by atoms with Crippen molar-refractivity contribution >= 4 is 46.3 Å². The van der Waals surface area contributed by atoms with Gasteiger partial charge in [-0.15, -0.1) is 0 Å². The number of nitrogens with zero attached hydrogens (tertiary/aromatic N) is 1. The Balaban J connectivity index is 2.09. The molecule has 1 aromatic rings. The van der Waals surface area contributed by atoms with Crippen molar-refractivity contribution in [3.63, 3.8) is 0 Å². The number of hydrogen-bond donors (Lipinski definition) is 2. The van der Waals surface area contributed by atoms with Crippen LogP contribution >= 0.6 is 23.4 Å². The molecular weight excluding hydrogens is 391 g/mol. The molecule has 10 heteroatoms. The second-order valence-electron chi connectivity index (χ2n) is 6.07. The van der Waals surface area contributed by atoms with E-state index in [4.69, 9.17) is 17.3 Å². The van der Waals surface area contributed by atoms with E-state index in [0.29, 0.717) is 43.4 Å². The summed E-state index contributed by atoms with van der Waals surface area (Å²) < 4.78 is 39.5. The molecule has 5 nitrogen and oxygen atoms in total. The second-order valence-corrected chi connectivity index (χ2v) is 7.49. The van der Waals surface area contributed by atoms with Gasteiger partial charge in [0.05, 0.1) is 21.2 Å². The van der Waals surface area contributed by atoms with Gasteiger partial charge in [-0.1, -0.05) is 11.6 Å². The third-order valence-corrected chi connectivity index (χ3v) is 5.30. The number of hydrogen-bond acceptors (Lipinski definition) is 5. The molecule has 2 amide bonds. The minimum atomic E-state index is -4.58. The Bertz CT molecular complexity index is 790. The fraction of sp³-hybridized carbons (Fsp3) is 0.375. The van der Waals surface area contributed by atoms with Crippen molar-refractivity contribution in [2.24, 2.45) is 5.73 Å².